The van der Waals surface area contributed by atoms with Crippen LogP contribution < -0.4 is 5.73 Å². The van der Waals surface area contributed by atoms with Gasteiger partial charge in [-0.25, -0.2) is 4.98 Å². The summed E-state index contributed by atoms with van der Waals surface area (Å²) in [7, 11) is 0. The first-order chi connectivity index (χ1) is 6.13. The second-order valence-electron chi connectivity index (χ2n) is 4.33. The maximum absolute atomic E-state index is 5.87. The quantitative estimate of drug-likeness (QED) is 0.752. The maximum Gasteiger partial charge on any atom is 0.0953 e. The van der Waals surface area contributed by atoms with Crippen molar-refractivity contribution < 1.29 is 0 Å². The van der Waals surface area contributed by atoms with Crippen molar-refractivity contribution in [1.82, 2.24) is 9.55 Å². The highest BCUT2D eigenvalue weighted by Crippen LogP contribution is 2.39. The summed E-state index contributed by atoms with van der Waals surface area (Å²) < 4.78 is 2.25. The lowest BCUT2D eigenvalue weighted by Gasteiger charge is -2.41. The average Bonchev–Trinajstić information content (AvgIpc) is 2.47. The van der Waals surface area contributed by atoms with E-state index in [1.54, 1.807) is 0 Å². The third-order valence-corrected chi connectivity index (χ3v) is 3.15. The van der Waals surface area contributed by atoms with Crippen LogP contribution in [0.2, 0.25) is 0 Å². The van der Waals surface area contributed by atoms with Gasteiger partial charge >= 0.3 is 0 Å². The summed E-state index contributed by atoms with van der Waals surface area (Å²) >= 11 is 0. The highest BCUT2D eigenvalue weighted by molar-refractivity contribution is 5.09. The first kappa shape index (κ1) is 8.75. The van der Waals surface area contributed by atoms with Crippen LogP contribution in [0.3, 0.4) is 0 Å². The molecule has 13 heavy (non-hydrogen) atoms. The molecule has 1 fully saturated rings. The number of nitrogens with zero attached hydrogens (tertiary/aromatic N) is 2. The molecule has 0 aromatic carbocycles. The van der Waals surface area contributed by atoms with Crippen LogP contribution in [-0.2, 0) is 5.54 Å². The first-order valence-electron chi connectivity index (χ1n) is 4.92. The minimum absolute atomic E-state index is 0.0833. The molecule has 2 rings (SSSR count). The minimum atomic E-state index is 0.0833. The van der Waals surface area contributed by atoms with Gasteiger partial charge in [0.1, 0.15) is 0 Å². The van der Waals surface area contributed by atoms with Gasteiger partial charge < -0.3 is 10.3 Å². The fourth-order valence-corrected chi connectivity index (χ4v) is 2.02. The molecule has 0 bridgehead atoms. The summed E-state index contributed by atoms with van der Waals surface area (Å²) in [4.78, 5) is 4.17. The second-order valence-corrected chi connectivity index (χ2v) is 4.33. The van der Waals surface area contributed by atoms with Crippen LogP contribution in [0.25, 0.3) is 0 Å². The largest absolute Gasteiger partial charge is 0.327 e. The Bertz CT molecular complexity index is 297. The molecule has 1 aromatic rings. The lowest BCUT2D eigenvalue weighted by molar-refractivity contribution is 0.162. The van der Waals surface area contributed by atoms with Gasteiger partial charge in [0.15, 0.2) is 0 Å². The Morgan fingerprint density at radius 3 is 2.77 bits per heavy atom. The lowest BCUT2D eigenvalue weighted by atomic mass is 9.78. The van der Waals surface area contributed by atoms with Gasteiger partial charge in [0.2, 0.25) is 0 Å². The van der Waals surface area contributed by atoms with E-state index in [1.807, 2.05) is 19.4 Å². The third-order valence-electron chi connectivity index (χ3n) is 3.15. The zero-order valence-electron chi connectivity index (χ0n) is 8.33. The van der Waals surface area contributed by atoms with Crippen molar-refractivity contribution in [3.8, 4) is 0 Å². The van der Waals surface area contributed by atoms with Crippen LogP contribution in [0.15, 0.2) is 12.5 Å². The molecule has 0 saturated heterocycles. The van der Waals surface area contributed by atoms with E-state index in [2.05, 4.69) is 16.5 Å². The van der Waals surface area contributed by atoms with Crippen molar-refractivity contribution >= 4 is 0 Å². The zero-order chi connectivity index (χ0) is 9.47. The van der Waals surface area contributed by atoms with E-state index in [-0.39, 0.29) is 6.04 Å². The van der Waals surface area contributed by atoms with Gasteiger partial charge in [-0.15, -0.1) is 0 Å². The van der Waals surface area contributed by atoms with Crippen molar-refractivity contribution in [1.29, 1.82) is 0 Å². The van der Waals surface area contributed by atoms with Crippen molar-refractivity contribution in [2.45, 2.75) is 44.7 Å². The lowest BCUT2D eigenvalue weighted by Crippen LogP contribution is -2.38. The monoisotopic (exact) mass is 179 g/mol. The van der Waals surface area contributed by atoms with Crippen LogP contribution in [0, 0.1) is 0 Å². The number of hydrogen-bond acceptors (Lipinski definition) is 2. The average molecular weight is 179 g/mol. The Labute approximate surface area is 79.0 Å². The highest BCUT2D eigenvalue weighted by atomic mass is 15.1. The topological polar surface area (TPSA) is 43.8 Å². The van der Waals surface area contributed by atoms with Gasteiger partial charge in [-0.05, 0) is 33.1 Å². The van der Waals surface area contributed by atoms with Gasteiger partial charge in [-0.1, -0.05) is 0 Å². The molecule has 3 nitrogen and oxygen atoms in total. The molecule has 1 aliphatic carbocycles. The molecule has 1 aliphatic rings. The Morgan fingerprint density at radius 1 is 1.62 bits per heavy atom. The fraction of sp³-hybridized carbons (Fsp3) is 0.700. The Kier molecular flexibility index (Phi) is 1.91. The van der Waals surface area contributed by atoms with Crippen LogP contribution in [0.1, 0.15) is 44.8 Å². The molecule has 1 unspecified atom stereocenters. The number of aromatic nitrogens is 2. The maximum atomic E-state index is 5.87. The van der Waals surface area contributed by atoms with E-state index in [0.29, 0.717) is 5.54 Å². The molecule has 1 atom stereocenters. The Balaban J connectivity index is 2.34. The van der Waals surface area contributed by atoms with Gasteiger partial charge in [0.25, 0.3) is 0 Å². The van der Waals surface area contributed by atoms with Gasteiger partial charge in [-0.2, -0.15) is 0 Å². The molecule has 72 valence electrons. The minimum Gasteiger partial charge on any atom is -0.327 e. The number of rotatable bonds is 2. The van der Waals surface area contributed by atoms with E-state index in [4.69, 9.17) is 5.73 Å². The molecule has 0 aliphatic heterocycles. The van der Waals surface area contributed by atoms with E-state index >= 15 is 0 Å². The summed E-state index contributed by atoms with van der Waals surface area (Å²) in [6, 6.07) is 0.0833. The Hall–Kier alpha value is -0.830. The first-order valence-corrected chi connectivity index (χ1v) is 4.92. The number of nitrogens with two attached hydrogens (primary N) is 1. The standard InChI is InChI=1S/C10H17N3/c1-8(11)9-6-12-7-13(9)10(2)4-3-5-10/h6-8H,3-5,11H2,1-2H3. The molecule has 1 saturated carbocycles. The zero-order valence-corrected chi connectivity index (χ0v) is 8.33. The Morgan fingerprint density at radius 2 is 2.31 bits per heavy atom. The summed E-state index contributed by atoms with van der Waals surface area (Å²) in [5.41, 5.74) is 7.32. The van der Waals surface area contributed by atoms with Gasteiger partial charge in [0, 0.05) is 17.8 Å². The predicted molar refractivity (Wildman–Crippen MR) is 52.3 cm³/mol. The fourth-order valence-electron chi connectivity index (χ4n) is 2.02. The number of imidazole rings is 1. The molecular weight excluding hydrogens is 162 g/mol. The SMILES string of the molecule is CC(N)c1cncn1C1(C)CCC1. The molecular formula is C10H17N3. The molecule has 0 spiro atoms. The van der Waals surface area contributed by atoms with Crippen LogP contribution >= 0.6 is 0 Å². The van der Waals surface area contributed by atoms with Crippen molar-refractivity contribution in [3.05, 3.63) is 18.2 Å². The van der Waals surface area contributed by atoms with E-state index in [9.17, 15) is 0 Å². The van der Waals surface area contributed by atoms with Crippen molar-refractivity contribution in [3.63, 3.8) is 0 Å². The molecule has 1 aromatic heterocycles. The van der Waals surface area contributed by atoms with Crippen LogP contribution in [-0.4, -0.2) is 9.55 Å². The highest BCUT2D eigenvalue weighted by Gasteiger charge is 2.35. The summed E-state index contributed by atoms with van der Waals surface area (Å²) in [5, 5.41) is 0. The molecule has 2 N–H and O–H groups in total. The summed E-state index contributed by atoms with van der Waals surface area (Å²) in [5.74, 6) is 0. The summed E-state index contributed by atoms with van der Waals surface area (Å²) in [6.45, 7) is 4.29. The van der Waals surface area contributed by atoms with Crippen LogP contribution in [0.5, 0.6) is 0 Å². The number of hydrogen-bond donors (Lipinski definition) is 1. The molecule has 0 amide bonds. The predicted octanol–water partition coefficient (Wildman–Crippen LogP) is 1.80. The third kappa shape index (κ3) is 1.27. The molecule has 3 heteroatoms. The van der Waals surface area contributed by atoms with E-state index in [1.165, 1.54) is 19.3 Å². The molecule has 0 radical (unpaired) electrons. The normalized spacial score (nSPS) is 22.4. The van der Waals surface area contributed by atoms with E-state index < -0.39 is 0 Å². The molecule has 1 heterocycles. The van der Waals surface area contributed by atoms with Crippen molar-refractivity contribution in [2.75, 3.05) is 0 Å². The van der Waals surface area contributed by atoms with Crippen LogP contribution in [0.4, 0.5) is 0 Å². The van der Waals surface area contributed by atoms with E-state index in [0.717, 1.165) is 5.69 Å². The van der Waals surface area contributed by atoms with Crippen molar-refractivity contribution in [2.24, 2.45) is 5.73 Å². The smallest absolute Gasteiger partial charge is 0.0953 e. The summed E-state index contributed by atoms with van der Waals surface area (Å²) in [6.07, 6.45) is 7.63. The second kappa shape index (κ2) is 2.84. The van der Waals surface area contributed by atoms with Gasteiger partial charge in [-0.3, -0.25) is 0 Å². The van der Waals surface area contributed by atoms with Gasteiger partial charge in [0.05, 0.1) is 12.0 Å².